The zero-order valence-corrected chi connectivity index (χ0v) is 11.4. The molecule has 0 saturated carbocycles. The molecular weight excluding hydrogens is 260 g/mol. The largest absolute Gasteiger partial charge is 0.315 e. The third-order valence-corrected chi connectivity index (χ3v) is 4.10. The number of nitrogens with zero attached hydrogens (tertiary/aromatic N) is 2. The summed E-state index contributed by atoms with van der Waals surface area (Å²) in [7, 11) is 0. The van der Waals surface area contributed by atoms with Crippen LogP contribution in [-0.2, 0) is 6.42 Å². The Hall–Kier alpha value is -1.49. The molecule has 2 aliphatic heterocycles. The highest BCUT2D eigenvalue weighted by Crippen LogP contribution is 2.35. The number of hydrazone groups is 1. The number of benzene rings is 1. The topological polar surface area (TPSA) is 27.6 Å². The molecule has 0 amide bonds. The monoisotopic (exact) mass is 279 g/mol. The van der Waals surface area contributed by atoms with E-state index in [1.807, 2.05) is 18.2 Å². The lowest BCUT2D eigenvalue weighted by molar-refractivity contribution is 0.0848. The number of nitrogens with one attached hydrogen (secondary N) is 1. The van der Waals surface area contributed by atoms with Gasteiger partial charge in [0, 0.05) is 37.2 Å². The van der Waals surface area contributed by atoms with Crippen LogP contribution >= 0.6 is 0 Å². The number of piperidine rings is 1. The first-order valence-corrected chi connectivity index (χ1v) is 7.04. The number of hydrogen-bond donors (Lipinski definition) is 1. The van der Waals surface area contributed by atoms with Crippen LogP contribution in [0.3, 0.4) is 0 Å². The molecule has 108 valence electrons. The molecule has 0 spiro atoms. The number of halogens is 2. The van der Waals surface area contributed by atoms with E-state index in [0.717, 1.165) is 31.6 Å². The molecule has 3 nitrogen and oxygen atoms in total. The minimum Gasteiger partial charge on any atom is -0.315 e. The van der Waals surface area contributed by atoms with Crippen LogP contribution in [0.1, 0.15) is 12.0 Å². The fourth-order valence-corrected chi connectivity index (χ4v) is 3.23. The summed E-state index contributed by atoms with van der Waals surface area (Å²) < 4.78 is 25.2. The van der Waals surface area contributed by atoms with Crippen molar-refractivity contribution in [2.75, 3.05) is 26.2 Å². The highest BCUT2D eigenvalue weighted by atomic mass is 19.3. The van der Waals surface area contributed by atoms with E-state index in [1.54, 1.807) is 5.01 Å². The Morgan fingerprint density at radius 2 is 2.10 bits per heavy atom. The van der Waals surface area contributed by atoms with Gasteiger partial charge in [0.15, 0.2) is 0 Å². The smallest absolute Gasteiger partial charge is 0.257 e. The number of alkyl halides is 2. The normalized spacial score (nSPS) is 25.8. The molecule has 0 aromatic heterocycles. The average molecular weight is 279 g/mol. The van der Waals surface area contributed by atoms with Crippen molar-refractivity contribution in [3.05, 3.63) is 35.9 Å². The molecule has 5 heteroatoms. The molecule has 2 aliphatic rings. The lowest BCUT2D eigenvalue weighted by Gasteiger charge is -2.35. The third kappa shape index (κ3) is 2.68. The molecule has 1 atom stereocenters. The second-order valence-corrected chi connectivity index (χ2v) is 5.65. The van der Waals surface area contributed by atoms with E-state index in [4.69, 9.17) is 0 Å². The molecule has 20 heavy (non-hydrogen) atoms. The summed E-state index contributed by atoms with van der Waals surface area (Å²) in [5, 5.41) is 9.40. The second kappa shape index (κ2) is 5.48. The Kier molecular flexibility index (Phi) is 3.70. The van der Waals surface area contributed by atoms with Crippen LogP contribution in [0.25, 0.3) is 0 Å². The number of fused-ring (bicyclic) bond motifs is 1. The molecule has 1 fully saturated rings. The minimum atomic E-state index is -2.33. The molecule has 0 bridgehead atoms. The van der Waals surface area contributed by atoms with Crippen molar-refractivity contribution in [2.45, 2.75) is 19.3 Å². The molecule has 1 unspecified atom stereocenters. The summed E-state index contributed by atoms with van der Waals surface area (Å²) in [6, 6.07) is 10.2. The van der Waals surface area contributed by atoms with E-state index >= 15 is 0 Å². The van der Waals surface area contributed by atoms with Gasteiger partial charge in [-0.1, -0.05) is 30.3 Å². The van der Waals surface area contributed by atoms with E-state index in [1.165, 1.54) is 5.56 Å². The van der Waals surface area contributed by atoms with Gasteiger partial charge in [-0.2, -0.15) is 5.10 Å². The Morgan fingerprint density at radius 1 is 1.30 bits per heavy atom. The average Bonchev–Trinajstić information content (AvgIpc) is 2.76. The van der Waals surface area contributed by atoms with Crippen LogP contribution in [0, 0.1) is 5.41 Å². The maximum absolute atomic E-state index is 12.6. The minimum absolute atomic E-state index is 0.117. The quantitative estimate of drug-likeness (QED) is 0.914. The van der Waals surface area contributed by atoms with Crippen LogP contribution in [0.15, 0.2) is 35.4 Å². The van der Waals surface area contributed by atoms with Crippen LogP contribution in [-0.4, -0.2) is 43.3 Å². The summed E-state index contributed by atoms with van der Waals surface area (Å²) in [6.45, 7) is 2.03. The van der Waals surface area contributed by atoms with Gasteiger partial charge in [0.2, 0.25) is 0 Å². The van der Waals surface area contributed by atoms with Gasteiger partial charge in [-0.25, -0.2) is 8.78 Å². The zero-order valence-electron chi connectivity index (χ0n) is 11.4. The first-order valence-electron chi connectivity index (χ1n) is 7.04. The molecule has 0 aliphatic carbocycles. The Balaban J connectivity index is 1.80. The van der Waals surface area contributed by atoms with E-state index in [0.29, 0.717) is 6.54 Å². The second-order valence-electron chi connectivity index (χ2n) is 5.65. The van der Waals surface area contributed by atoms with Crippen LogP contribution in [0.5, 0.6) is 0 Å². The van der Waals surface area contributed by atoms with E-state index < -0.39 is 6.43 Å². The van der Waals surface area contributed by atoms with Gasteiger partial charge in [0.25, 0.3) is 6.43 Å². The van der Waals surface area contributed by atoms with Crippen molar-refractivity contribution < 1.29 is 8.78 Å². The lowest BCUT2D eigenvalue weighted by Crippen LogP contribution is -2.49. The van der Waals surface area contributed by atoms with Gasteiger partial charge >= 0.3 is 0 Å². The van der Waals surface area contributed by atoms with Crippen molar-refractivity contribution in [3.63, 3.8) is 0 Å². The summed E-state index contributed by atoms with van der Waals surface area (Å²) in [5.41, 5.74) is 2.21. The van der Waals surface area contributed by atoms with Crippen LogP contribution < -0.4 is 5.32 Å². The fourth-order valence-electron chi connectivity index (χ4n) is 3.23. The molecular formula is C15H19F2N3. The molecule has 2 heterocycles. The molecule has 0 radical (unpaired) electrons. The Labute approximate surface area is 117 Å². The number of rotatable bonds is 4. The van der Waals surface area contributed by atoms with Gasteiger partial charge < -0.3 is 5.32 Å². The van der Waals surface area contributed by atoms with Gasteiger partial charge in [0.1, 0.15) is 0 Å². The van der Waals surface area contributed by atoms with Gasteiger partial charge in [-0.3, -0.25) is 5.01 Å². The van der Waals surface area contributed by atoms with Crippen molar-refractivity contribution in [3.8, 4) is 0 Å². The SMILES string of the molecule is FC(F)CN1CC2(Cc3ccccc3)CNCCC2=N1. The molecule has 3 rings (SSSR count). The van der Waals surface area contributed by atoms with E-state index in [2.05, 4.69) is 22.6 Å². The van der Waals surface area contributed by atoms with Gasteiger partial charge in [-0.15, -0.1) is 0 Å². The third-order valence-electron chi connectivity index (χ3n) is 4.10. The van der Waals surface area contributed by atoms with Crippen LogP contribution in [0.4, 0.5) is 8.78 Å². The summed E-state index contributed by atoms with van der Waals surface area (Å²) >= 11 is 0. The first kappa shape index (κ1) is 13.5. The lowest BCUT2D eigenvalue weighted by atomic mass is 9.75. The maximum Gasteiger partial charge on any atom is 0.257 e. The molecule has 1 aromatic rings. The summed E-state index contributed by atoms with van der Waals surface area (Å²) in [6.07, 6.45) is -0.618. The standard InChI is InChI=1S/C15H19F2N3/c16-14(17)9-20-11-15(8-12-4-2-1-3-5-12)10-18-7-6-13(15)19-20/h1-5,14,18H,6-11H2. The predicted molar refractivity (Wildman–Crippen MR) is 75.1 cm³/mol. The fraction of sp³-hybridized carbons (Fsp3) is 0.533. The van der Waals surface area contributed by atoms with Gasteiger partial charge in [-0.05, 0) is 12.0 Å². The Bertz CT molecular complexity index is 489. The summed E-state index contributed by atoms with van der Waals surface area (Å²) in [5.74, 6) is 0. The molecule has 1 saturated heterocycles. The van der Waals surface area contributed by atoms with Crippen molar-refractivity contribution in [1.29, 1.82) is 0 Å². The van der Waals surface area contributed by atoms with E-state index in [9.17, 15) is 8.78 Å². The Morgan fingerprint density at radius 3 is 2.85 bits per heavy atom. The molecule has 1 N–H and O–H groups in total. The van der Waals surface area contributed by atoms with Crippen LogP contribution in [0.2, 0.25) is 0 Å². The zero-order chi connectivity index (χ0) is 14.0. The maximum atomic E-state index is 12.6. The number of hydrogen-bond acceptors (Lipinski definition) is 3. The van der Waals surface area contributed by atoms with Crippen molar-refractivity contribution >= 4 is 5.71 Å². The highest BCUT2D eigenvalue weighted by molar-refractivity contribution is 5.93. The first-order chi connectivity index (χ1) is 9.68. The predicted octanol–water partition coefficient (Wildman–Crippen LogP) is 2.15. The van der Waals surface area contributed by atoms with Gasteiger partial charge in [0.05, 0.1) is 6.54 Å². The van der Waals surface area contributed by atoms with Crippen molar-refractivity contribution in [1.82, 2.24) is 10.3 Å². The summed E-state index contributed by atoms with van der Waals surface area (Å²) in [4.78, 5) is 0. The molecule has 1 aromatic carbocycles. The van der Waals surface area contributed by atoms with E-state index in [-0.39, 0.29) is 12.0 Å². The van der Waals surface area contributed by atoms with Crippen molar-refractivity contribution in [2.24, 2.45) is 10.5 Å². The highest BCUT2D eigenvalue weighted by Gasteiger charge is 2.44.